The molecule has 0 spiro atoms. The van der Waals surface area contributed by atoms with E-state index in [-0.39, 0.29) is 0 Å². The fourth-order valence-electron chi connectivity index (χ4n) is 2.88. The van der Waals surface area contributed by atoms with Crippen LogP contribution in [0.4, 0.5) is 5.82 Å². The molecule has 0 aromatic carbocycles. The van der Waals surface area contributed by atoms with Crippen molar-refractivity contribution >= 4 is 5.82 Å². The van der Waals surface area contributed by atoms with Gasteiger partial charge in [-0.15, -0.1) is 0 Å². The molecule has 3 nitrogen and oxygen atoms in total. The molecule has 1 unspecified atom stereocenters. The normalized spacial score (nSPS) is 25.2. The molecule has 1 aromatic heterocycles. The second-order valence-corrected chi connectivity index (χ2v) is 5.15. The topological polar surface area (TPSA) is 28.2 Å². The molecule has 0 amide bonds. The molecule has 1 aromatic rings. The Kier molecular flexibility index (Phi) is 3.27. The minimum Gasteiger partial charge on any atom is -0.357 e. The Morgan fingerprint density at radius 1 is 1.12 bits per heavy atom. The first kappa shape index (κ1) is 11.0. The smallest absolute Gasteiger partial charge is 0.128 e. The number of hydrogen-bond donors (Lipinski definition) is 1. The summed E-state index contributed by atoms with van der Waals surface area (Å²) in [6.45, 7) is 3.50. The van der Waals surface area contributed by atoms with Crippen LogP contribution in [-0.4, -0.2) is 24.6 Å². The standard InChI is InChI=1S/C14H21N3/c1-2-9-17(10-3-1)14-7-6-12(11-16-14)13-5-4-8-15-13/h6-7,11,13,15H,1-5,8-10H2. The number of nitrogens with zero attached hydrogens (tertiary/aromatic N) is 2. The van der Waals surface area contributed by atoms with E-state index < -0.39 is 0 Å². The van der Waals surface area contributed by atoms with Crippen molar-refractivity contribution in [2.75, 3.05) is 24.5 Å². The van der Waals surface area contributed by atoms with Gasteiger partial charge in [-0.05, 0) is 50.3 Å². The zero-order valence-electron chi connectivity index (χ0n) is 10.4. The van der Waals surface area contributed by atoms with Gasteiger partial charge in [-0.2, -0.15) is 0 Å². The van der Waals surface area contributed by atoms with E-state index in [9.17, 15) is 0 Å². The molecule has 2 fully saturated rings. The summed E-state index contributed by atoms with van der Waals surface area (Å²) in [6, 6.07) is 4.98. The van der Waals surface area contributed by atoms with Gasteiger partial charge in [0.1, 0.15) is 5.82 Å². The van der Waals surface area contributed by atoms with Crippen LogP contribution in [0.2, 0.25) is 0 Å². The summed E-state index contributed by atoms with van der Waals surface area (Å²) in [7, 11) is 0. The lowest BCUT2D eigenvalue weighted by Crippen LogP contribution is -2.30. The van der Waals surface area contributed by atoms with Gasteiger partial charge in [0.05, 0.1) is 0 Å². The highest BCUT2D eigenvalue weighted by Gasteiger charge is 2.17. The van der Waals surface area contributed by atoms with Crippen LogP contribution >= 0.6 is 0 Å². The predicted molar refractivity (Wildman–Crippen MR) is 70.3 cm³/mol. The van der Waals surface area contributed by atoms with E-state index in [0.29, 0.717) is 6.04 Å². The summed E-state index contributed by atoms with van der Waals surface area (Å²) in [5.41, 5.74) is 1.35. The Labute approximate surface area is 103 Å². The first-order valence-corrected chi connectivity index (χ1v) is 6.88. The zero-order valence-corrected chi connectivity index (χ0v) is 10.4. The molecule has 3 heteroatoms. The summed E-state index contributed by atoms with van der Waals surface area (Å²) in [6.07, 6.45) is 8.61. The van der Waals surface area contributed by atoms with E-state index in [4.69, 9.17) is 0 Å². The van der Waals surface area contributed by atoms with Gasteiger partial charge >= 0.3 is 0 Å². The number of rotatable bonds is 2. The first-order valence-electron chi connectivity index (χ1n) is 6.88. The van der Waals surface area contributed by atoms with E-state index in [2.05, 4.69) is 33.5 Å². The van der Waals surface area contributed by atoms with E-state index in [0.717, 1.165) is 12.4 Å². The maximum absolute atomic E-state index is 4.63. The Morgan fingerprint density at radius 3 is 2.65 bits per heavy atom. The van der Waals surface area contributed by atoms with Crippen molar-refractivity contribution < 1.29 is 0 Å². The number of hydrogen-bond acceptors (Lipinski definition) is 3. The third-order valence-corrected chi connectivity index (χ3v) is 3.91. The van der Waals surface area contributed by atoms with Crippen LogP contribution in [0, 0.1) is 0 Å². The van der Waals surface area contributed by atoms with Crippen molar-refractivity contribution in [2.24, 2.45) is 0 Å². The fraction of sp³-hybridized carbons (Fsp3) is 0.643. The van der Waals surface area contributed by atoms with Crippen LogP contribution < -0.4 is 10.2 Å². The lowest BCUT2D eigenvalue weighted by molar-refractivity contribution is 0.572. The number of pyridine rings is 1. The molecule has 2 saturated heterocycles. The van der Waals surface area contributed by atoms with Crippen molar-refractivity contribution in [3.8, 4) is 0 Å². The SMILES string of the molecule is c1cc(N2CCCCC2)ncc1C1CCCN1. The molecule has 0 aliphatic carbocycles. The average molecular weight is 231 g/mol. The molecule has 0 radical (unpaired) electrons. The van der Waals surface area contributed by atoms with Gasteiger partial charge in [0.25, 0.3) is 0 Å². The third-order valence-electron chi connectivity index (χ3n) is 3.91. The Balaban J connectivity index is 1.70. The molecule has 3 heterocycles. The monoisotopic (exact) mass is 231 g/mol. The highest BCUT2D eigenvalue weighted by Crippen LogP contribution is 2.24. The summed E-state index contributed by atoms with van der Waals surface area (Å²) in [4.78, 5) is 7.04. The highest BCUT2D eigenvalue weighted by molar-refractivity contribution is 5.40. The van der Waals surface area contributed by atoms with Crippen molar-refractivity contribution in [1.29, 1.82) is 0 Å². The average Bonchev–Trinajstić information content (AvgIpc) is 2.94. The molecule has 0 bridgehead atoms. The second kappa shape index (κ2) is 5.05. The molecule has 17 heavy (non-hydrogen) atoms. The van der Waals surface area contributed by atoms with Gasteiger partial charge in [-0.25, -0.2) is 4.98 Å². The molecule has 2 aliphatic heterocycles. The van der Waals surface area contributed by atoms with Crippen LogP contribution in [-0.2, 0) is 0 Å². The Morgan fingerprint density at radius 2 is 2.00 bits per heavy atom. The van der Waals surface area contributed by atoms with Gasteiger partial charge < -0.3 is 10.2 Å². The van der Waals surface area contributed by atoms with Crippen LogP contribution in [0.25, 0.3) is 0 Å². The van der Waals surface area contributed by atoms with E-state index in [1.54, 1.807) is 0 Å². The minimum atomic E-state index is 0.540. The van der Waals surface area contributed by atoms with Crippen molar-refractivity contribution in [2.45, 2.75) is 38.1 Å². The van der Waals surface area contributed by atoms with E-state index in [1.165, 1.54) is 50.8 Å². The van der Waals surface area contributed by atoms with Gasteiger partial charge in [0, 0.05) is 25.3 Å². The number of piperidine rings is 1. The first-order chi connectivity index (χ1) is 8.43. The summed E-state index contributed by atoms with van der Waals surface area (Å²) in [5.74, 6) is 1.16. The quantitative estimate of drug-likeness (QED) is 0.847. The summed E-state index contributed by atoms with van der Waals surface area (Å²) in [5, 5.41) is 3.52. The van der Waals surface area contributed by atoms with Crippen molar-refractivity contribution in [3.05, 3.63) is 23.9 Å². The molecular formula is C14H21N3. The van der Waals surface area contributed by atoms with Crippen LogP contribution in [0.15, 0.2) is 18.3 Å². The van der Waals surface area contributed by atoms with Crippen LogP contribution in [0.5, 0.6) is 0 Å². The molecule has 92 valence electrons. The predicted octanol–water partition coefficient (Wildman–Crippen LogP) is 2.50. The molecule has 3 rings (SSSR count). The van der Waals surface area contributed by atoms with Gasteiger partial charge in [-0.1, -0.05) is 6.07 Å². The maximum Gasteiger partial charge on any atom is 0.128 e. The number of anilines is 1. The molecule has 1 atom stereocenters. The maximum atomic E-state index is 4.63. The van der Waals surface area contributed by atoms with Crippen molar-refractivity contribution in [3.63, 3.8) is 0 Å². The van der Waals surface area contributed by atoms with E-state index in [1.807, 2.05) is 0 Å². The van der Waals surface area contributed by atoms with Crippen LogP contribution in [0.3, 0.4) is 0 Å². The van der Waals surface area contributed by atoms with Crippen LogP contribution in [0.1, 0.15) is 43.7 Å². The Bertz CT molecular complexity index is 348. The third kappa shape index (κ3) is 2.44. The highest BCUT2D eigenvalue weighted by atomic mass is 15.2. The largest absolute Gasteiger partial charge is 0.357 e. The second-order valence-electron chi connectivity index (χ2n) is 5.15. The Hall–Kier alpha value is -1.09. The summed E-state index contributed by atoms with van der Waals surface area (Å²) >= 11 is 0. The van der Waals surface area contributed by atoms with Gasteiger partial charge in [-0.3, -0.25) is 0 Å². The molecule has 1 N–H and O–H groups in total. The number of nitrogens with one attached hydrogen (secondary N) is 1. The summed E-state index contributed by atoms with van der Waals surface area (Å²) < 4.78 is 0. The lowest BCUT2D eigenvalue weighted by Gasteiger charge is -2.27. The van der Waals surface area contributed by atoms with Gasteiger partial charge in [0.15, 0.2) is 0 Å². The lowest BCUT2D eigenvalue weighted by atomic mass is 10.1. The zero-order chi connectivity index (χ0) is 11.5. The minimum absolute atomic E-state index is 0.540. The molecule has 2 aliphatic rings. The molecular weight excluding hydrogens is 210 g/mol. The molecule has 0 saturated carbocycles. The van der Waals surface area contributed by atoms with Crippen molar-refractivity contribution in [1.82, 2.24) is 10.3 Å². The van der Waals surface area contributed by atoms with Gasteiger partial charge in [0.2, 0.25) is 0 Å². The number of aromatic nitrogens is 1. The van der Waals surface area contributed by atoms with E-state index >= 15 is 0 Å². The fourth-order valence-corrected chi connectivity index (χ4v) is 2.88.